The number of aromatic nitrogens is 2. The van der Waals surface area contributed by atoms with Crippen molar-refractivity contribution in [1.82, 2.24) is 9.97 Å². The quantitative estimate of drug-likeness (QED) is 0.552. The highest BCUT2D eigenvalue weighted by atomic mass is 15.0. The van der Waals surface area contributed by atoms with Crippen molar-refractivity contribution < 1.29 is 0 Å². The molecule has 1 rings (SSSR count). The molecule has 0 aromatic carbocycles. The van der Waals surface area contributed by atoms with E-state index in [0.717, 1.165) is 0 Å². The molecule has 0 radical (unpaired) electrons. The Labute approximate surface area is 70.1 Å². The van der Waals surface area contributed by atoms with Crippen molar-refractivity contribution in [2.45, 2.75) is 6.42 Å². The lowest BCUT2D eigenvalue weighted by Crippen LogP contribution is -1.93. The number of nitrogen functional groups attached to an aromatic ring is 1. The Morgan fingerprint density at radius 2 is 2.08 bits per heavy atom. The van der Waals surface area contributed by atoms with Gasteiger partial charge in [0.1, 0.15) is 0 Å². The van der Waals surface area contributed by atoms with Gasteiger partial charge in [0.15, 0.2) is 0 Å². The first kappa shape index (κ1) is 8.03. The number of anilines is 1. The maximum absolute atomic E-state index is 8.18. The van der Waals surface area contributed by atoms with Crippen molar-refractivity contribution in [3.63, 3.8) is 0 Å². The predicted octanol–water partition coefficient (Wildman–Crippen LogP) is 0.324. The van der Waals surface area contributed by atoms with Crippen LogP contribution in [0.5, 0.6) is 0 Å². The smallest absolute Gasteiger partial charge is 0.219 e. The lowest BCUT2D eigenvalue weighted by atomic mass is 10.3. The van der Waals surface area contributed by atoms with Gasteiger partial charge in [0.25, 0.3) is 0 Å². The molecular weight excluding hydrogens is 152 g/mol. The summed E-state index contributed by atoms with van der Waals surface area (Å²) >= 11 is 0. The molecule has 0 unspecified atom stereocenters. The van der Waals surface area contributed by atoms with E-state index >= 15 is 0 Å². The van der Waals surface area contributed by atoms with Crippen LogP contribution in [0.15, 0.2) is 12.4 Å². The van der Waals surface area contributed by atoms with Gasteiger partial charge in [0.05, 0.1) is 18.1 Å². The molecule has 0 fully saturated rings. The fraction of sp³-hybridized carbons (Fsp3) is 0.125. The van der Waals surface area contributed by atoms with E-state index in [1.54, 1.807) is 0 Å². The topological polar surface area (TPSA) is 75.6 Å². The molecule has 4 heteroatoms. The number of hydrogen-bond acceptors (Lipinski definition) is 4. The summed E-state index contributed by atoms with van der Waals surface area (Å²) in [7, 11) is 0. The zero-order valence-electron chi connectivity index (χ0n) is 6.28. The average Bonchev–Trinajstić information content (AvgIpc) is 2.09. The number of hydrogen-bond donors (Lipinski definition) is 1. The monoisotopic (exact) mass is 158 g/mol. The van der Waals surface area contributed by atoms with E-state index in [1.165, 1.54) is 12.4 Å². The minimum Gasteiger partial charge on any atom is -0.368 e. The van der Waals surface area contributed by atoms with Crippen molar-refractivity contribution in [3.8, 4) is 17.9 Å². The molecule has 0 aliphatic rings. The highest BCUT2D eigenvalue weighted by Gasteiger charge is 1.87. The molecule has 0 saturated carbocycles. The SMILES string of the molecule is N#CCC#Cc1cnc(N)nc1. The Bertz CT molecular complexity index is 349. The summed E-state index contributed by atoms with van der Waals surface area (Å²) in [4.78, 5) is 7.48. The van der Waals surface area contributed by atoms with E-state index in [2.05, 4.69) is 21.8 Å². The van der Waals surface area contributed by atoms with E-state index in [0.29, 0.717) is 5.56 Å². The molecule has 0 amide bonds. The average molecular weight is 158 g/mol. The first-order chi connectivity index (χ1) is 5.83. The van der Waals surface area contributed by atoms with Crippen LogP contribution < -0.4 is 5.73 Å². The molecule has 0 saturated heterocycles. The summed E-state index contributed by atoms with van der Waals surface area (Å²) in [6.45, 7) is 0. The van der Waals surface area contributed by atoms with Crippen LogP contribution in [0.4, 0.5) is 5.95 Å². The van der Waals surface area contributed by atoms with Crippen molar-refractivity contribution in [1.29, 1.82) is 5.26 Å². The Balaban J connectivity index is 2.74. The lowest BCUT2D eigenvalue weighted by molar-refractivity contribution is 1.17. The van der Waals surface area contributed by atoms with Crippen LogP contribution >= 0.6 is 0 Å². The Hall–Kier alpha value is -2.07. The zero-order chi connectivity index (χ0) is 8.81. The molecule has 0 atom stereocenters. The second kappa shape index (κ2) is 3.95. The van der Waals surface area contributed by atoms with Gasteiger partial charge in [-0.1, -0.05) is 11.8 Å². The van der Waals surface area contributed by atoms with Gasteiger partial charge in [-0.25, -0.2) is 9.97 Å². The third kappa shape index (κ3) is 2.28. The summed E-state index contributed by atoms with van der Waals surface area (Å²) in [5.74, 6) is 5.58. The van der Waals surface area contributed by atoms with Gasteiger partial charge in [-0.3, -0.25) is 0 Å². The summed E-state index contributed by atoms with van der Waals surface area (Å²) in [6, 6.07) is 1.91. The highest BCUT2D eigenvalue weighted by Crippen LogP contribution is 1.93. The first-order valence-corrected chi connectivity index (χ1v) is 3.26. The van der Waals surface area contributed by atoms with Gasteiger partial charge in [0.2, 0.25) is 5.95 Å². The predicted molar refractivity (Wildman–Crippen MR) is 43.6 cm³/mol. The second-order valence-corrected chi connectivity index (χ2v) is 1.97. The van der Waals surface area contributed by atoms with Crippen molar-refractivity contribution >= 4 is 5.95 Å². The number of nitriles is 1. The third-order valence-corrected chi connectivity index (χ3v) is 1.07. The van der Waals surface area contributed by atoms with Gasteiger partial charge < -0.3 is 5.73 Å². The normalized spacial score (nSPS) is 7.92. The zero-order valence-corrected chi connectivity index (χ0v) is 6.28. The number of rotatable bonds is 0. The van der Waals surface area contributed by atoms with Gasteiger partial charge in [-0.05, 0) is 0 Å². The summed E-state index contributed by atoms with van der Waals surface area (Å²) < 4.78 is 0. The van der Waals surface area contributed by atoms with E-state index in [-0.39, 0.29) is 12.4 Å². The summed E-state index contributed by atoms with van der Waals surface area (Å²) in [5.41, 5.74) is 5.92. The molecule has 0 bridgehead atoms. The number of nitrogens with zero attached hydrogens (tertiary/aromatic N) is 3. The molecule has 0 aliphatic carbocycles. The van der Waals surface area contributed by atoms with E-state index in [9.17, 15) is 0 Å². The van der Waals surface area contributed by atoms with Crippen molar-refractivity contribution in [3.05, 3.63) is 18.0 Å². The van der Waals surface area contributed by atoms with Crippen LogP contribution in [0.1, 0.15) is 12.0 Å². The fourth-order valence-electron chi connectivity index (χ4n) is 0.588. The first-order valence-electron chi connectivity index (χ1n) is 3.26. The molecule has 0 aliphatic heterocycles. The van der Waals surface area contributed by atoms with Crippen LogP contribution in [0, 0.1) is 23.2 Å². The van der Waals surface area contributed by atoms with Crippen LogP contribution in [-0.4, -0.2) is 9.97 Å². The van der Waals surface area contributed by atoms with Crippen LogP contribution in [0.3, 0.4) is 0 Å². The molecule has 58 valence electrons. The lowest BCUT2D eigenvalue weighted by Gasteiger charge is -1.88. The standard InChI is InChI=1S/C8H6N4/c9-4-2-1-3-7-5-11-8(10)12-6-7/h5-6H,2H2,(H2,10,11,12). The van der Waals surface area contributed by atoms with E-state index < -0.39 is 0 Å². The molecule has 2 N–H and O–H groups in total. The Kier molecular flexibility index (Phi) is 2.64. The number of nitrogens with two attached hydrogens (primary N) is 1. The van der Waals surface area contributed by atoms with Crippen molar-refractivity contribution in [2.75, 3.05) is 5.73 Å². The molecule has 4 nitrogen and oxygen atoms in total. The molecular formula is C8H6N4. The minimum atomic E-state index is 0.213. The second-order valence-electron chi connectivity index (χ2n) is 1.97. The van der Waals surface area contributed by atoms with Gasteiger partial charge in [0, 0.05) is 12.4 Å². The maximum Gasteiger partial charge on any atom is 0.219 e. The largest absolute Gasteiger partial charge is 0.368 e. The van der Waals surface area contributed by atoms with Crippen LogP contribution in [0.25, 0.3) is 0 Å². The van der Waals surface area contributed by atoms with Gasteiger partial charge in [-0.15, -0.1) is 0 Å². The molecule has 1 aromatic heterocycles. The van der Waals surface area contributed by atoms with Crippen LogP contribution in [-0.2, 0) is 0 Å². The molecule has 12 heavy (non-hydrogen) atoms. The van der Waals surface area contributed by atoms with Crippen LogP contribution in [0.2, 0.25) is 0 Å². The molecule has 0 spiro atoms. The molecule has 1 aromatic rings. The van der Waals surface area contributed by atoms with E-state index in [4.69, 9.17) is 11.0 Å². The van der Waals surface area contributed by atoms with E-state index in [1.807, 2.05) is 6.07 Å². The Morgan fingerprint density at radius 1 is 1.42 bits per heavy atom. The highest BCUT2D eigenvalue weighted by molar-refractivity contribution is 5.32. The third-order valence-electron chi connectivity index (χ3n) is 1.07. The molecule has 1 heterocycles. The minimum absolute atomic E-state index is 0.213. The summed E-state index contributed by atoms with van der Waals surface area (Å²) in [5, 5.41) is 8.18. The van der Waals surface area contributed by atoms with Gasteiger partial charge in [-0.2, -0.15) is 5.26 Å². The summed E-state index contributed by atoms with van der Waals surface area (Å²) in [6.07, 6.45) is 3.25. The van der Waals surface area contributed by atoms with Gasteiger partial charge >= 0.3 is 0 Å². The fourth-order valence-corrected chi connectivity index (χ4v) is 0.588. The van der Waals surface area contributed by atoms with Crippen molar-refractivity contribution in [2.24, 2.45) is 0 Å². The Morgan fingerprint density at radius 3 is 2.67 bits per heavy atom. The maximum atomic E-state index is 8.18.